The molecular weight excluding hydrogens is 370 g/mol. The summed E-state index contributed by atoms with van der Waals surface area (Å²) in [6, 6.07) is 9.82. The van der Waals surface area contributed by atoms with Crippen molar-refractivity contribution in [2.45, 2.75) is 6.92 Å². The fourth-order valence-corrected chi connectivity index (χ4v) is 2.46. The lowest BCUT2D eigenvalue weighted by Crippen LogP contribution is -2.15. The molecule has 2 rings (SSSR count). The number of hydrogen-bond acceptors (Lipinski definition) is 2. The Morgan fingerprint density at radius 1 is 1.15 bits per heavy atom. The number of hydrogen-bond donors (Lipinski definition) is 2. The van der Waals surface area contributed by atoms with E-state index in [1.807, 2.05) is 41.6 Å². The third kappa shape index (κ3) is 3.27. The molecule has 0 saturated carbocycles. The molecule has 1 amide bonds. The first kappa shape index (κ1) is 14.8. The Kier molecular flexibility index (Phi) is 4.59. The number of aryl methyl sites for hydroxylation is 1. The van der Waals surface area contributed by atoms with Gasteiger partial charge in [-0.2, -0.15) is 0 Å². The van der Waals surface area contributed by atoms with Crippen LogP contribution in [0.2, 0.25) is 0 Å². The highest BCUT2D eigenvalue weighted by Crippen LogP contribution is 2.22. The van der Waals surface area contributed by atoms with Crippen molar-refractivity contribution in [2.75, 3.05) is 17.7 Å². The van der Waals surface area contributed by atoms with Gasteiger partial charge in [-0.05, 0) is 65.4 Å². The van der Waals surface area contributed by atoms with Crippen LogP contribution < -0.4 is 10.6 Å². The van der Waals surface area contributed by atoms with Crippen molar-refractivity contribution in [3.8, 4) is 0 Å². The van der Waals surface area contributed by atoms with Crippen LogP contribution in [0.25, 0.3) is 0 Å². The standard InChI is InChI=1S/C15H14FIN2O/c1-9-3-5-11(14(7-9)18-2)15(20)19-13-6-4-10(16)8-12(13)17/h3-8,18H,1-2H3,(H,19,20). The molecule has 2 aromatic rings. The van der Waals surface area contributed by atoms with Crippen molar-refractivity contribution in [3.63, 3.8) is 0 Å². The molecule has 0 aliphatic rings. The third-order valence-corrected chi connectivity index (χ3v) is 3.76. The topological polar surface area (TPSA) is 41.1 Å². The number of anilines is 2. The molecule has 0 spiro atoms. The molecule has 0 saturated heterocycles. The molecule has 104 valence electrons. The zero-order valence-electron chi connectivity index (χ0n) is 11.1. The normalized spacial score (nSPS) is 10.2. The molecular formula is C15H14FIN2O. The van der Waals surface area contributed by atoms with Crippen LogP contribution in [-0.2, 0) is 0 Å². The monoisotopic (exact) mass is 384 g/mol. The summed E-state index contributed by atoms with van der Waals surface area (Å²) < 4.78 is 13.7. The Bertz CT molecular complexity index is 658. The quantitative estimate of drug-likeness (QED) is 0.785. The molecule has 0 aliphatic carbocycles. The Morgan fingerprint density at radius 3 is 2.55 bits per heavy atom. The maximum absolute atomic E-state index is 13.0. The Hall–Kier alpha value is -1.63. The van der Waals surface area contributed by atoms with E-state index >= 15 is 0 Å². The van der Waals surface area contributed by atoms with Crippen LogP contribution in [0.15, 0.2) is 36.4 Å². The van der Waals surface area contributed by atoms with E-state index in [9.17, 15) is 9.18 Å². The van der Waals surface area contributed by atoms with E-state index in [4.69, 9.17) is 0 Å². The Labute approximate surface area is 130 Å². The molecule has 2 aromatic carbocycles. The van der Waals surface area contributed by atoms with Crippen molar-refractivity contribution in [3.05, 3.63) is 56.9 Å². The van der Waals surface area contributed by atoms with Gasteiger partial charge in [0.1, 0.15) is 5.82 Å². The molecule has 0 unspecified atom stereocenters. The number of carbonyl (C=O) groups is 1. The number of rotatable bonds is 3. The third-order valence-electron chi connectivity index (χ3n) is 2.87. The van der Waals surface area contributed by atoms with Crippen molar-refractivity contribution >= 4 is 39.9 Å². The predicted molar refractivity (Wildman–Crippen MR) is 87.8 cm³/mol. The van der Waals surface area contributed by atoms with Gasteiger partial charge in [-0.3, -0.25) is 4.79 Å². The van der Waals surface area contributed by atoms with Crippen molar-refractivity contribution in [1.29, 1.82) is 0 Å². The second kappa shape index (κ2) is 6.21. The fraction of sp³-hybridized carbons (Fsp3) is 0.133. The van der Waals surface area contributed by atoms with Crippen molar-refractivity contribution in [2.24, 2.45) is 0 Å². The summed E-state index contributed by atoms with van der Waals surface area (Å²) in [7, 11) is 1.77. The summed E-state index contributed by atoms with van der Waals surface area (Å²) in [6.45, 7) is 1.96. The first-order chi connectivity index (χ1) is 9.51. The van der Waals surface area contributed by atoms with Crippen LogP contribution >= 0.6 is 22.6 Å². The smallest absolute Gasteiger partial charge is 0.257 e. The molecule has 3 nitrogen and oxygen atoms in total. The molecule has 2 N–H and O–H groups in total. The molecule has 5 heteroatoms. The lowest BCUT2D eigenvalue weighted by Gasteiger charge is -2.11. The van der Waals surface area contributed by atoms with Gasteiger partial charge in [0.2, 0.25) is 0 Å². The Balaban J connectivity index is 2.28. The summed E-state index contributed by atoms with van der Waals surface area (Å²) in [5.74, 6) is -0.544. The largest absolute Gasteiger partial charge is 0.387 e. The minimum atomic E-state index is -0.321. The maximum atomic E-state index is 13.0. The van der Waals surface area contributed by atoms with E-state index in [2.05, 4.69) is 10.6 Å². The fourth-order valence-electron chi connectivity index (χ4n) is 1.84. The first-order valence-electron chi connectivity index (χ1n) is 6.06. The molecule has 0 aromatic heterocycles. The van der Waals surface area contributed by atoms with Gasteiger partial charge in [0.15, 0.2) is 0 Å². The number of benzene rings is 2. The minimum absolute atomic E-state index is 0.223. The number of halogens is 2. The van der Waals surface area contributed by atoms with E-state index in [0.717, 1.165) is 11.3 Å². The lowest BCUT2D eigenvalue weighted by atomic mass is 10.1. The lowest BCUT2D eigenvalue weighted by molar-refractivity contribution is 0.102. The summed E-state index contributed by atoms with van der Waals surface area (Å²) >= 11 is 1.99. The molecule has 0 aliphatic heterocycles. The van der Waals surface area contributed by atoms with Crippen molar-refractivity contribution < 1.29 is 9.18 Å². The average Bonchev–Trinajstić information content (AvgIpc) is 2.41. The van der Waals surface area contributed by atoms with E-state index in [1.54, 1.807) is 19.2 Å². The van der Waals surface area contributed by atoms with Gasteiger partial charge in [0, 0.05) is 16.3 Å². The molecule has 0 heterocycles. The highest BCUT2D eigenvalue weighted by Gasteiger charge is 2.12. The highest BCUT2D eigenvalue weighted by atomic mass is 127. The van der Waals surface area contributed by atoms with Gasteiger partial charge in [-0.25, -0.2) is 4.39 Å². The summed E-state index contributed by atoms with van der Waals surface area (Å²) in [4.78, 5) is 12.3. The second-order valence-corrected chi connectivity index (χ2v) is 5.54. The highest BCUT2D eigenvalue weighted by molar-refractivity contribution is 14.1. The zero-order chi connectivity index (χ0) is 14.7. The molecule has 0 fully saturated rings. The van der Waals surface area contributed by atoms with Crippen LogP contribution in [0.3, 0.4) is 0 Å². The minimum Gasteiger partial charge on any atom is -0.387 e. The van der Waals surface area contributed by atoms with Crippen LogP contribution in [-0.4, -0.2) is 13.0 Å². The van der Waals surface area contributed by atoms with Crippen LogP contribution in [0.4, 0.5) is 15.8 Å². The van der Waals surface area contributed by atoms with Crippen molar-refractivity contribution in [1.82, 2.24) is 0 Å². The average molecular weight is 384 g/mol. The first-order valence-corrected chi connectivity index (χ1v) is 7.14. The summed E-state index contributed by atoms with van der Waals surface area (Å²) in [5.41, 5.74) is 2.99. The molecule has 20 heavy (non-hydrogen) atoms. The molecule has 0 radical (unpaired) electrons. The van der Waals surface area contributed by atoms with E-state index in [1.165, 1.54) is 12.1 Å². The molecule has 0 bridgehead atoms. The van der Waals surface area contributed by atoms with Gasteiger partial charge >= 0.3 is 0 Å². The summed E-state index contributed by atoms with van der Waals surface area (Å²) in [5, 5.41) is 5.80. The van der Waals surface area contributed by atoms with Crippen LogP contribution in [0, 0.1) is 16.3 Å². The van der Waals surface area contributed by atoms with Gasteiger partial charge in [0.25, 0.3) is 5.91 Å². The van der Waals surface area contributed by atoms with Gasteiger partial charge in [-0.15, -0.1) is 0 Å². The molecule has 0 atom stereocenters. The summed E-state index contributed by atoms with van der Waals surface area (Å²) in [6.07, 6.45) is 0. The van der Waals surface area contributed by atoms with E-state index in [0.29, 0.717) is 14.8 Å². The van der Waals surface area contributed by atoms with Crippen LogP contribution in [0.1, 0.15) is 15.9 Å². The zero-order valence-corrected chi connectivity index (χ0v) is 13.3. The SMILES string of the molecule is CNc1cc(C)ccc1C(=O)Nc1ccc(F)cc1I. The van der Waals surface area contributed by atoms with E-state index < -0.39 is 0 Å². The van der Waals surface area contributed by atoms with Gasteiger partial charge in [-0.1, -0.05) is 6.07 Å². The van der Waals surface area contributed by atoms with Gasteiger partial charge in [0.05, 0.1) is 11.3 Å². The predicted octanol–water partition coefficient (Wildman–Crippen LogP) is 4.03. The maximum Gasteiger partial charge on any atom is 0.257 e. The Morgan fingerprint density at radius 2 is 1.90 bits per heavy atom. The number of carbonyl (C=O) groups excluding carboxylic acids is 1. The van der Waals surface area contributed by atoms with Crippen LogP contribution in [0.5, 0.6) is 0 Å². The van der Waals surface area contributed by atoms with Gasteiger partial charge < -0.3 is 10.6 Å². The number of nitrogens with one attached hydrogen (secondary N) is 2. The second-order valence-electron chi connectivity index (χ2n) is 4.38. The van der Waals surface area contributed by atoms with E-state index in [-0.39, 0.29) is 11.7 Å². The number of amides is 1.